The predicted octanol–water partition coefficient (Wildman–Crippen LogP) is 0.224. The Balaban J connectivity index is 1.89. The molecule has 0 aliphatic carbocycles. The van der Waals surface area contributed by atoms with Crippen LogP contribution in [0.2, 0.25) is 0 Å². The highest BCUT2D eigenvalue weighted by atomic mass is 32.2. The molecule has 108 valence electrons. The van der Waals surface area contributed by atoms with E-state index in [-0.39, 0.29) is 18.9 Å². The van der Waals surface area contributed by atoms with Crippen LogP contribution >= 0.6 is 0 Å². The molecule has 2 N–H and O–H groups in total. The lowest BCUT2D eigenvalue weighted by molar-refractivity contribution is 0.282. The lowest BCUT2D eigenvalue weighted by atomic mass is 10.1. The zero-order valence-corrected chi connectivity index (χ0v) is 11.5. The van der Waals surface area contributed by atoms with Gasteiger partial charge in [0.2, 0.25) is 16.4 Å². The molecule has 1 heterocycles. The molecule has 0 atom stereocenters. The van der Waals surface area contributed by atoms with Crippen LogP contribution in [0.4, 0.5) is 0 Å². The van der Waals surface area contributed by atoms with Crippen molar-refractivity contribution in [2.24, 2.45) is 0 Å². The van der Waals surface area contributed by atoms with Crippen molar-refractivity contribution < 1.29 is 18.0 Å². The summed E-state index contributed by atoms with van der Waals surface area (Å²) in [5, 5.41) is 12.6. The maximum Gasteiger partial charge on any atom is 0.215 e. The third kappa shape index (κ3) is 4.41. The molecule has 0 bridgehead atoms. The summed E-state index contributed by atoms with van der Waals surface area (Å²) in [7, 11) is -3.43. The Kier molecular flexibility index (Phi) is 4.83. The molecule has 20 heavy (non-hydrogen) atoms. The Morgan fingerprint density at radius 3 is 2.80 bits per heavy atom. The Bertz CT molecular complexity index is 640. The summed E-state index contributed by atoms with van der Waals surface area (Å²) in [5.41, 5.74) is 1.31. The summed E-state index contributed by atoms with van der Waals surface area (Å²) >= 11 is 0. The molecule has 0 saturated heterocycles. The van der Waals surface area contributed by atoms with E-state index in [1.807, 2.05) is 0 Å². The number of rotatable bonds is 7. The van der Waals surface area contributed by atoms with Crippen LogP contribution in [0.5, 0.6) is 0 Å². The zero-order chi connectivity index (χ0) is 14.4. The van der Waals surface area contributed by atoms with Crippen LogP contribution in [0.3, 0.4) is 0 Å². The first-order chi connectivity index (χ1) is 9.59. The number of hydrogen-bond acceptors (Lipinski definition) is 6. The predicted molar refractivity (Wildman–Crippen MR) is 71.0 cm³/mol. The molecule has 0 fully saturated rings. The van der Waals surface area contributed by atoms with Crippen LogP contribution in [0, 0.1) is 0 Å². The van der Waals surface area contributed by atoms with E-state index < -0.39 is 10.0 Å². The van der Waals surface area contributed by atoms with Gasteiger partial charge in [-0.2, -0.15) is 4.98 Å². The SMILES string of the molecule is O=S(=O)(Cc1cccc(CO)c1)NCCc1ncon1. The van der Waals surface area contributed by atoms with Crippen LogP contribution in [0.15, 0.2) is 35.2 Å². The van der Waals surface area contributed by atoms with E-state index in [9.17, 15) is 8.42 Å². The number of hydrogen-bond donors (Lipinski definition) is 2. The summed E-state index contributed by atoms with van der Waals surface area (Å²) < 4.78 is 30.8. The number of aliphatic hydroxyl groups is 1. The first-order valence-electron chi connectivity index (χ1n) is 6.00. The molecular formula is C12H15N3O4S. The summed E-state index contributed by atoms with van der Waals surface area (Å²) in [4.78, 5) is 3.80. The van der Waals surface area contributed by atoms with E-state index in [1.165, 1.54) is 6.39 Å². The molecule has 0 aliphatic heterocycles. The Morgan fingerprint density at radius 2 is 2.10 bits per heavy atom. The average Bonchev–Trinajstić information content (AvgIpc) is 2.91. The fraction of sp³-hybridized carbons (Fsp3) is 0.333. The van der Waals surface area contributed by atoms with Gasteiger partial charge in [0, 0.05) is 13.0 Å². The van der Waals surface area contributed by atoms with Crippen molar-refractivity contribution >= 4 is 10.0 Å². The van der Waals surface area contributed by atoms with Crippen LogP contribution in [-0.2, 0) is 28.8 Å². The second kappa shape index (κ2) is 6.60. The smallest absolute Gasteiger partial charge is 0.215 e. The largest absolute Gasteiger partial charge is 0.392 e. The number of aliphatic hydroxyl groups excluding tert-OH is 1. The normalized spacial score (nSPS) is 11.7. The second-order valence-corrected chi connectivity index (χ2v) is 6.04. The molecule has 0 amide bonds. The van der Waals surface area contributed by atoms with Gasteiger partial charge in [-0.25, -0.2) is 13.1 Å². The van der Waals surface area contributed by atoms with Crippen molar-refractivity contribution in [2.75, 3.05) is 6.54 Å². The van der Waals surface area contributed by atoms with E-state index in [0.29, 0.717) is 23.4 Å². The monoisotopic (exact) mass is 297 g/mol. The fourth-order valence-electron chi connectivity index (χ4n) is 1.71. The highest BCUT2D eigenvalue weighted by molar-refractivity contribution is 7.88. The van der Waals surface area contributed by atoms with Gasteiger partial charge in [-0.05, 0) is 11.1 Å². The van der Waals surface area contributed by atoms with E-state index in [2.05, 4.69) is 19.4 Å². The van der Waals surface area contributed by atoms with Crippen molar-refractivity contribution in [3.05, 3.63) is 47.6 Å². The molecule has 1 aromatic heterocycles. The summed E-state index contributed by atoms with van der Waals surface area (Å²) in [5.74, 6) is 0.322. The second-order valence-electron chi connectivity index (χ2n) is 4.23. The minimum absolute atomic E-state index is 0.112. The molecule has 1 aromatic carbocycles. The number of aromatic nitrogens is 2. The number of sulfonamides is 1. The molecule has 8 heteroatoms. The number of nitrogens with zero attached hydrogens (tertiary/aromatic N) is 2. The maximum atomic E-state index is 11.9. The van der Waals surface area contributed by atoms with Gasteiger partial charge in [0.25, 0.3) is 0 Å². The van der Waals surface area contributed by atoms with E-state index in [4.69, 9.17) is 5.11 Å². The van der Waals surface area contributed by atoms with Gasteiger partial charge in [0.15, 0.2) is 5.82 Å². The standard InChI is InChI=1S/C12H15N3O4S/c16-7-10-2-1-3-11(6-10)8-20(17,18)14-5-4-12-13-9-19-15-12/h1-3,6,9,14,16H,4-5,7-8H2. The van der Waals surface area contributed by atoms with Crippen LogP contribution in [0.1, 0.15) is 17.0 Å². The molecule has 0 spiro atoms. The van der Waals surface area contributed by atoms with Gasteiger partial charge in [0.05, 0.1) is 12.4 Å². The van der Waals surface area contributed by atoms with Crippen LogP contribution < -0.4 is 4.72 Å². The lowest BCUT2D eigenvalue weighted by Gasteiger charge is -2.06. The Hall–Kier alpha value is -1.77. The first-order valence-corrected chi connectivity index (χ1v) is 7.65. The Labute approximate surface area is 116 Å². The average molecular weight is 297 g/mol. The molecule has 2 rings (SSSR count). The van der Waals surface area contributed by atoms with E-state index in [1.54, 1.807) is 24.3 Å². The first kappa shape index (κ1) is 14.6. The third-order valence-corrected chi connectivity index (χ3v) is 3.97. The minimum atomic E-state index is -3.43. The zero-order valence-electron chi connectivity index (χ0n) is 10.7. The lowest BCUT2D eigenvalue weighted by Crippen LogP contribution is -2.27. The quantitative estimate of drug-likeness (QED) is 0.757. The van der Waals surface area contributed by atoms with Crippen LogP contribution in [-0.4, -0.2) is 30.2 Å². The molecule has 2 aromatic rings. The molecule has 0 radical (unpaired) electrons. The topological polar surface area (TPSA) is 105 Å². The van der Waals surface area contributed by atoms with Crippen LogP contribution in [0.25, 0.3) is 0 Å². The van der Waals surface area contributed by atoms with E-state index in [0.717, 1.165) is 0 Å². The maximum absolute atomic E-state index is 11.9. The summed E-state index contributed by atoms with van der Waals surface area (Å²) in [6.07, 6.45) is 1.57. The van der Waals surface area contributed by atoms with Gasteiger partial charge in [-0.3, -0.25) is 0 Å². The molecular weight excluding hydrogens is 282 g/mol. The van der Waals surface area contributed by atoms with E-state index >= 15 is 0 Å². The molecule has 0 aliphatic rings. The minimum Gasteiger partial charge on any atom is -0.392 e. The van der Waals surface area contributed by atoms with Gasteiger partial charge in [0.1, 0.15) is 0 Å². The van der Waals surface area contributed by atoms with Gasteiger partial charge in [-0.1, -0.05) is 29.4 Å². The van der Waals surface area contributed by atoms with Crippen molar-refractivity contribution in [2.45, 2.75) is 18.8 Å². The third-order valence-electron chi connectivity index (χ3n) is 2.61. The fourth-order valence-corrected chi connectivity index (χ4v) is 2.84. The highest BCUT2D eigenvalue weighted by Crippen LogP contribution is 2.08. The molecule has 7 nitrogen and oxygen atoms in total. The number of benzene rings is 1. The van der Waals surface area contributed by atoms with Gasteiger partial charge in [-0.15, -0.1) is 0 Å². The van der Waals surface area contributed by atoms with Crippen molar-refractivity contribution in [1.82, 2.24) is 14.9 Å². The molecule has 0 saturated carbocycles. The highest BCUT2D eigenvalue weighted by Gasteiger charge is 2.12. The van der Waals surface area contributed by atoms with Gasteiger partial charge >= 0.3 is 0 Å². The van der Waals surface area contributed by atoms with Gasteiger partial charge < -0.3 is 9.63 Å². The van der Waals surface area contributed by atoms with Crippen molar-refractivity contribution in [3.8, 4) is 0 Å². The number of nitrogens with one attached hydrogen (secondary N) is 1. The van der Waals surface area contributed by atoms with Crippen molar-refractivity contribution in [1.29, 1.82) is 0 Å². The summed E-state index contributed by atoms with van der Waals surface area (Å²) in [6, 6.07) is 6.82. The molecule has 0 unspecified atom stereocenters. The summed E-state index contributed by atoms with van der Waals surface area (Å²) in [6.45, 7) is 0.0979. The Morgan fingerprint density at radius 1 is 1.30 bits per heavy atom. The van der Waals surface area contributed by atoms with Crippen molar-refractivity contribution in [3.63, 3.8) is 0 Å².